The van der Waals surface area contributed by atoms with Crippen molar-refractivity contribution in [3.63, 3.8) is 0 Å². The lowest BCUT2D eigenvalue weighted by atomic mass is 10.0. The third-order valence-corrected chi connectivity index (χ3v) is 7.14. The predicted octanol–water partition coefficient (Wildman–Crippen LogP) is 3.29. The molecule has 0 spiro atoms. The second-order valence-electron chi connectivity index (χ2n) is 6.63. The van der Waals surface area contributed by atoms with Gasteiger partial charge in [-0.3, -0.25) is 0 Å². The first kappa shape index (κ1) is 21.0. The van der Waals surface area contributed by atoms with Crippen molar-refractivity contribution in [2.45, 2.75) is 22.5 Å². The van der Waals surface area contributed by atoms with Crippen LogP contribution in [0.3, 0.4) is 0 Å². The lowest BCUT2D eigenvalue weighted by molar-refractivity contribution is 0.413. The number of aryl methyl sites for hydroxylation is 1. The fraction of sp³-hybridized carbons (Fsp3) is 0.143. The number of hydrogen-bond donors (Lipinski definition) is 1. The first-order valence-corrected chi connectivity index (χ1v) is 11.9. The van der Waals surface area contributed by atoms with E-state index in [0.717, 1.165) is 22.4 Å². The van der Waals surface area contributed by atoms with Crippen LogP contribution in [0.15, 0.2) is 76.5 Å². The molecule has 0 atom stereocenters. The zero-order chi connectivity index (χ0) is 21.2. The summed E-state index contributed by atoms with van der Waals surface area (Å²) < 4.78 is 54.0. The van der Waals surface area contributed by atoms with Crippen LogP contribution in [-0.2, 0) is 25.6 Å². The number of ether oxygens (including phenoxy) is 1. The Hall–Kier alpha value is -2.68. The van der Waals surface area contributed by atoms with E-state index in [0.29, 0.717) is 5.56 Å². The summed E-state index contributed by atoms with van der Waals surface area (Å²) in [6.07, 6.45) is 0. The second kappa shape index (κ2) is 7.98. The zero-order valence-electron chi connectivity index (χ0n) is 16.0. The van der Waals surface area contributed by atoms with Crippen LogP contribution in [0.4, 0.5) is 0 Å². The fourth-order valence-corrected chi connectivity index (χ4v) is 5.03. The van der Waals surface area contributed by atoms with Gasteiger partial charge in [0.1, 0.15) is 5.75 Å². The van der Waals surface area contributed by atoms with Crippen molar-refractivity contribution >= 4 is 19.9 Å². The smallest absolute Gasteiger partial charge is 0.238 e. The molecule has 3 rings (SSSR count). The molecule has 0 aliphatic heterocycles. The van der Waals surface area contributed by atoms with Gasteiger partial charge in [0.15, 0.2) is 9.84 Å². The highest BCUT2D eigenvalue weighted by Crippen LogP contribution is 2.33. The molecule has 0 radical (unpaired) electrons. The highest BCUT2D eigenvalue weighted by Gasteiger charge is 2.18. The van der Waals surface area contributed by atoms with Gasteiger partial charge in [-0.15, -0.1) is 0 Å². The summed E-state index contributed by atoms with van der Waals surface area (Å²) in [4.78, 5) is 0.0287. The quantitative estimate of drug-likeness (QED) is 0.645. The molecule has 0 fully saturated rings. The molecule has 0 aliphatic carbocycles. The summed E-state index contributed by atoms with van der Waals surface area (Å²) in [6, 6.07) is 17.9. The number of benzene rings is 3. The number of methoxy groups -OCH3 is 1. The number of rotatable bonds is 6. The molecule has 3 aromatic rings. The van der Waals surface area contributed by atoms with E-state index in [-0.39, 0.29) is 15.5 Å². The van der Waals surface area contributed by atoms with E-state index in [1.54, 1.807) is 25.3 Å². The van der Waals surface area contributed by atoms with Gasteiger partial charge in [0, 0.05) is 5.56 Å². The fourth-order valence-electron chi connectivity index (χ4n) is 3.11. The lowest BCUT2D eigenvalue weighted by Gasteiger charge is -2.12. The van der Waals surface area contributed by atoms with Gasteiger partial charge in [0.25, 0.3) is 0 Å². The third-order valence-electron chi connectivity index (χ3n) is 4.52. The number of sulfonamides is 1. The number of sulfone groups is 1. The second-order valence-corrected chi connectivity index (χ2v) is 10.2. The van der Waals surface area contributed by atoms with E-state index >= 15 is 0 Å². The number of para-hydroxylation sites is 1. The van der Waals surface area contributed by atoms with Gasteiger partial charge in [-0.2, -0.15) is 0 Å². The SMILES string of the molecule is COc1c(C)cccc1-c1ccc(S(=O)(=O)Cc2cccc(S(N)(=O)=O)c2)cc1. The summed E-state index contributed by atoms with van der Waals surface area (Å²) in [5.41, 5.74) is 3.04. The molecule has 152 valence electrons. The van der Waals surface area contributed by atoms with Crippen molar-refractivity contribution in [2.24, 2.45) is 5.14 Å². The largest absolute Gasteiger partial charge is 0.496 e. The third kappa shape index (κ3) is 4.67. The van der Waals surface area contributed by atoms with Crippen LogP contribution in [0.1, 0.15) is 11.1 Å². The van der Waals surface area contributed by atoms with E-state index in [4.69, 9.17) is 9.88 Å². The van der Waals surface area contributed by atoms with E-state index in [1.807, 2.05) is 25.1 Å². The number of primary sulfonamides is 1. The Bertz CT molecular complexity index is 1250. The van der Waals surface area contributed by atoms with Gasteiger partial charge in [-0.1, -0.05) is 42.5 Å². The summed E-state index contributed by atoms with van der Waals surface area (Å²) in [5, 5.41) is 5.12. The number of hydrogen-bond acceptors (Lipinski definition) is 5. The van der Waals surface area contributed by atoms with Gasteiger partial charge in [-0.05, 0) is 47.9 Å². The molecular weight excluding hydrogens is 410 g/mol. The summed E-state index contributed by atoms with van der Waals surface area (Å²) >= 11 is 0. The van der Waals surface area contributed by atoms with Crippen LogP contribution in [0.25, 0.3) is 11.1 Å². The van der Waals surface area contributed by atoms with Crippen molar-refractivity contribution < 1.29 is 21.6 Å². The molecule has 29 heavy (non-hydrogen) atoms. The molecule has 0 heterocycles. The van der Waals surface area contributed by atoms with E-state index in [1.165, 1.54) is 30.3 Å². The molecule has 0 amide bonds. The van der Waals surface area contributed by atoms with Gasteiger partial charge < -0.3 is 4.74 Å². The maximum absolute atomic E-state index is 12.8. The minimum absolute atomic E-state index is 0.118. The van der Waals surface area contributed by atoms with Gasteiger partial charge in [0.05, 0.1) is 22.7 Å². The molecule has 0 aromatic heterocycles. The molecule has 0 saturated heterocycles. The van der Waals surface area contributed by atoms with Crippen molar-refractivity contribution in [3.05, 3.63) is 77.9 Å². The van der Waals surface area contributed by atoms with Crippen molar-refractivity contribution in [1.82, 2.24) is 0 Å². The lowest BCUT2D eigenvalue weighted by Crippen LogP contribution is -2.13. The molecule has 2 N–H and O–H groups in total. The molecule has 0 bridgehead atoms. The Morgan fingerprint density at radius 1 is 0.862 bits per heavy atom. The number of nitrogens with two attached hydrogens (primary N) is 1. The predicted molar refractivity (Wildman–Crippen MR) is 112 cm³/mol. The molecular formula is C21H21NO5S2. The van der Waals surface area contributed by atoms with Gasteiger partial charge >= 0.3 is 0 Å². The summed E-state index contributed by atoms with van der Waals surface area (Å²) in [5.74, 6) is 0.409. The zero-order valence-corrected chi connectivity index (χ0v) is 17.6. The van der Waals surface area contributed by atoms with Crippen LogP contribution < -0.4 is 9.88 Å². The van der Waals surface area contributed by atoms with Crippen molar-refractivity contribution in [2.75, 3.05) is 7.11 Å². The van der Waals surface area contributed by atoms with Gasteiger partial charge in [0.2, 0.25) is 10.0 Å². The van der Waals surface area contributed by atoms with Crippen LogP contribution in [0.5, 0.6) is 5.75 Å². The average Bonchev–Trinajstić information content (AvgIpc) is 2.67. The topological polar surface area (TPSA) is 104 Å². The van der Waals surface area contributed by atoms with E-state index in [9.17, 15) is 16.8 Å². The maximum Gasteiger partial charge on any atom is 0.238 e. The van der Waals surface area contributed by atoms with Crippen LogP contribution >= 0.6 is 0 Å². The Labute approximate surface area is 170 Å². The monoisotopic (exact) mass is 431 g/mol. The van der Waals surface area contributed by atoms with Crippen LogP contribution in [0, 0.1) is 6.92 Å². The molecule has 3 aromatic carbocycles. The molecule has 0 aliphatic rings. The maximum atomic E-state index is 12.8. The summed E-state index contributed by atoms with van der Waals surface area (Å²) in [6.45, 7) is 1.94. The molecule has 0 saturated carbocycles. The molecule has 6 nitrogen and oxygen atoms in total. The normalized spacial score (nSPS) is 12.0. The first-order chi connectivity index (χ1) is 13.6. The van der Waals surface area contributed by atoms with E-state index in [2.05, 4.69) is 0 Å². The molecule has 0 unspecified atom stereocenters. The minimum Gasteiger partial charge on any atom is -0.496 e. The Kier molecular flexibility index (Phi) is 5.79. The van der Waals surface area contributed by atoms with Gasteiger partial charge in [-0.25, -0.2) is 22.0 Å². The van der Waals surface area contributed by atoms with E-state index < -0.39 is 19.9 Å². The highest BCUT2D eigenvalue weighted by atomic mass is 32.2. The summed E-state index contributed by atoms with van der Waals surface area (Å²) in [7, 11) is -5.97. The van der Waals surface area contributed by atoms with Crippen molar-refractivity contribution in [1.29, 1.82) is 0 Å². The first-order valence-electron chi connectivity index (χ1n) is 8.70. The standard InChI is InChI=1S/C21H21NO5S2/c1-15-5-3-8-20(21(15)27-2)17-9-11-18(12-10-17)28(23,24)14-16-6-4-7-19(13-16)29(22,25)26/h3-13H,14H2,1-2H3,(H2,22,25,26). The van der Waals surface area contributed by atoms with Crippen LogP contribution in [0.2, 0.25) is 0 Å². The van der Waals surface area contributed by atoms with Crippen molar-refractivity contribution in [3.8, 4) is 16.9 Å². The Balaban J connectivity index is 1.91. The minimum atomic E-state index is -3.90. The molecule has 8 heteroatoms. The Morgan fingerprint density at radius 2 is 1.52 bits per heavy atom. The van der Waals surface area contributed by atoms with Crippen LogP contribution in [-0.4, -0.2) is 23.9 Å². The highest BCUT2D eigenvalue weighted by molar-refractivity contribution is 7.90. The average molecular weight is 432 g/mol. The Morgan fingerprint density at radius 3 is 2.14 bits per heavy atom.